The van der Waals surface area contributed by atoms with Gasteiger partial charge in [0.05, 0.1) is 5.92 Å². The maximum atomic E-state index is 12.8. The number of hydrogen-bond donors (Lipinski definition) is 1. The largest absolute Gasteiger partial charge is 0.455 e. The van der Waals surface area contributed by atoms with Crippen LogP contribution in [0.1, 0.15) is 18.4 Å². The van der Waals surface area contributed by atoms with E-state index in [2.05, 4.69) is 17.5 Å². The molecule has 2 aliphatic rings. The fourth-order valence-electron chi connectivity index (χ4n) is 3.15. The van der Waals surface area contributed by atoms with Crippen molar-refractivity contribution in [2.75, 3.05) is 6.61 Å². The fourth-order valence-corrected chi connectivity index (χ4v) is 3.15. The molecule has 0 saturated heterocycles. The number of carbonyl (C=O) groups is 2. The number of carbonyl (C=O) groups excluding carboxylic acids is 2. The van der Waals surface area contributed by atoms with E-state index >= 15 is 0 Å². The molecular weight excluding hydrogens is 285 g/mol. The average molecular weight is 303 g/mol. The first-order valence-electron chi connectivity index (χ1n) is 7.48. The molecule has 3 rings (SSSR count). The van der Waals surface area contributed by atoms with Crippen LogP contribution in [0.5, 0.6) is 0 Å². The van der Waals surface area contributed by atoms with Crippen molar-refractivity contribution in [2.24, 2.45) is 17.8 Å². The number of allylic oxidation sites excluding steroid dienone is 2. The molecule has 3 atom stereocenters. The first-order chi connectivity index (χ1) is 10.6. The topological polar surface area (TPSA) is 55.4 Å². The summed E-state index contributed by atoms with van der Waals surface area (Å²) in [5, 5.41) is 2.65. The normalized spacial score (nSPS) is 25.2. The molecule has 116 valence electrons. The first kappa shape index (κ1) is 14.8. The van der Waals surface area contributed by atoms with E-state index in [-0.39, 0.29) is 42.7 Å². The van der Waals surface area contributed by atoms with Gasteiger partial charge in [0.2, 0.25) is 0 Å². The average Bonchev–Trinajstić information content (AvgIpc) is 3.15. The lowest BCUT2D eigenvalue weighted by Gasteiger charge is -2.16. The number of fused-ring (bicyclic) bond motifs is 2. The predicted octanol–water partition coefficient (Wildman–Crippen LogP) is 2.20. The van der Waals surface area contributed by atoms with Crippen molar-refractivity contribution in [3.8, 4) is 0 Å². The quantitative estimate of drug-likeness (QED) is 0.670. The molecule has 1 N–H and O–H groups in total. The minimum atomic E-state index is -0.351. The van der Waals surface area contributed by atoms with Gasteiger partial charge < -0.3 is 10.1 Å². The molecule has 1 aromatic rings. The highest BCUT2D eigenvalue weighted by atomic mass is 19.1. The summed E-state index contributed by atoms with van der Waals surface area (Å²) in [4.78, 5) is 23.7. The lowest BCUT2D eigenvalue weighted by Crippen LogP contribution is -2.30. The van der Waals surface area contributed by atoms with Crippen molar-refractivity contribution < 1.29 is 18.7 Å². The molecule has 1 saturated carbocycles. The molecule has 2 aliphatic carbocycles. The van der Waals surface area contributed by atoms with Gasteiger partial charge in [0.1, 0.15) is 5.82 Å². The molecule has 0 aliphatic heterocycles. The predicted molar refractivity (Wildman–Crippen MR) is 78.0 cm³/mol. The molecule has 0 aromatic heterocycles. The monoisotopic (exact) mass is 303 g/mol. The van der Waals surface area contributed by atoms with Crippen LogP contribution in [0.2, 0.25) is 0 Å². The minimum absolute atomic E-state index is 0.0973. The van der Waals surface area contributed by atoms with E-state index in [1.165, 1.54) is 12.1 Å². The highest BCUT2D eigenvalue weighted by Crippen LogP contribution is 2.43. The third kappa shape index (κ3) is 3.35. The molecule has 4 nitrogen and oxygen atoms in total. The molecule has 0 heterocycles. The second-order valence-corrected chi connectivity index (χ2v) is 5.90. The molecule has 22 heavy (non-hydrogen) atoms. The Hall–Kier alpha value is -2.17. The van der Waals surface area contributed by atoms with Crippen molar-refractivity contribution >= 4 is 11.9 Å². The summed E-state index contributed by atoms with van der Waals surface area (Å²) in [5.74, 6) is -0.274. The first-order valence-corrected chi connectivity index (χ1v) is 7.48. The van der Waals surface area contributed by atoms with E-state index in [1.54, 1.807) is 12.1 Å². The number of amides is 1. The summed E-state index contributed by atoms with van der Waals surface area (Å²) in [5.41, 5.74) is 0.791. The SMILES string of the molecule is O=C(COC(=O)[C@H]1C[C@H]2C=C[C@H]1C2)NCc1ccc(F)cc1. The van der Waals surface area contributed by atoms with Gasteiger partial charge in [0, 0.05) is 6.54 Å². The Bertz CT molecular complexity index is 596. The van der Waals surface area contributed by atoms with Crippen LogP contribution in [0.25, 0.3) is 0 Å². The molecule has 1 fully saturated rings. The van der Waals surface area contributed by atoms with Crippen LogP contribution in [-0.2, 0) is 20.9 Å². The second kappa shape index (κ2) is 6.30. The smallest absolute Gasteiger partial charge is 0.310 e. The number of halogens is 1. The van der Waals surface area contributed by atoms with E-state index < -0.39 is 0 Å². The summed E-state index contributed by atoms with van der Waals surface area (Å²) in [6.45, 7) is 0.0190. The number of ether oxygens (including phenoxy) is 1. The van der Waals surface area contributed by atoms with Crippen molar-refractivity contribution in [2.45, 2.75) is 19.4 Å². The third-order valence-electron chi connectivity index (χ3n) is 4.33. The number of esters is 1. The van der Waals surface area contributed by atoms with Crippen LogP contribution in [0.3, 0.4) is 0 Å². The highest BCUT2D eigenvalue weighted by Gasteiger charge is 2.40. The minimum Gasteiger partial charge on any atom is -0.455 e. The van der Waals surface area contributed by atoms with Gasteiger partial charge in [-0.3, -0.25) is 9.59 Å². The van der Waals surface area contributed by atoms with Crippen LogP contribution < -0.4 is 5.32 Å². The van der Waals surface area contributed by atoms with E-state index in [1.807, 2.05) is 0 Å². The molecule has 0 spiro atoms. The molecule has 1 amide bonds. The zero-order valence-corrected chi connectivity index (χ0v) is 12.1. The van der Waals surface area contributed by atoms with E-state index in [0.29, 0.717) is 5.92 Å². The molecule has 0 unspecified atom stereocenters. The molecule has 2 bridgehead atoms. The van der Waals surface area contributed by atoms with E-state index in [0.717, 1.165) is 18.4 Å². The zero-order chi connectivity index (χ0) is 15.5. The summed E-state index contributed by atoms with van der Waals surface area (Å²) in [7, 11) is 0. The number of rotatable bonds is 5. The lowest BCUT2D eigenvalue weighted by atomic mass is 9.94. The van der Waals surface area contributed by atoms with Crippen molar-refractivity contribution in [1.82, 2.24) is 5.32 Å². The van der Waals surface area contributed by atoms with Gasteiger partial charge in [0.15, 0.2) is 6.61 Å². The summed E-state index contributed by atoms with van der Waals surface area (Å²) in [6.07, 6.45) is 6.09. The van der Waals surface area contributed by atoms with Gasteiger partial charge >= 0.3 is 5.97 Å². The Balaban J connectivity index is 1.40. The molecule has 5 heteroatoms. The molecule has 0 radical (unpaired) electrons. The lowest BCUT2D eigenvalue weighted by molar-refractivity contribution is -0.153. The van der Waals surface area contributed by atoms with Gasteiger partial charge in [-0.1, -0.05) is 24.3 Å². The Morgan fingerprint density at radius 1 is 1.18 bits per heavy atom. The second-order valence-electron chi connectivity index (χ2n) is 5.90. The Labute approximate surface area is 128 Å². The van der Waals surface area contributed by atoms with Gasteiger partial charge in [-0.2, -0.15) is 0 Å². The molecular formula is C17H18FNO3. The summed E-state index contributed by atoms with van der Waals surface area (Å²) < 4.78 is 17.9. The van der Waals surface area contributed by atoms with Gasteiger partial charge in [-0.25, -0.2) is 4.39 Å². The maximum Gasteiger partial charge on any atom is 0.310 e. The third-order valence-corrected chi connectivity index (χ3v) is 4.33. The van der Waals surface area contributed by atoms with Crippen molar-refractivity contribution in [3.63, 3.8) is 0 Å². The van der Waals surface area contributed by atoms with Crippen molar-refractivity contribution in [3.05, 3.63) is 47.8 Å². The summed E-state index contributed by atoms with van der Waals surface area (Å²) in [6, 6.07) is 5.88. The Morgan fingerprint density at radius 2 is 1.95 bits per heavy atom. The Morgan fingerprint density at radius 3 is 2.59 bits per heavy atom. The van der Waals surface area contributed by atoms with Crippen LogP contribution >= 0.6 is 0 Å². The number of benzene rings is 1. The maximum absolute atomic E-state index is 12.8. The van der Waals surface area contributed by atoms with Gasteiger partial charge in [-0.05, 0) is 42.4 Å². The summed E-state index contributed by atoms with van der Waals surface area (Å²) >= 11 is 0. The van der Waals surface area contributed by atoms with Gasteiger partial charge in [0.25, 0.3) is 5.91 Å². The van der Waals surface area contributed by atoms with Crippen LogP contribution in [-0.4, -0.2) is 18.5 Å². The zero-order valence-electron chi connectivity index (χ0n) is 12.1. The van der Waals surface area contributed by atoms with Crippen LogP contribution in [0.15, 0.2) is 36.4 Å². The number of hydrogen-bond acceptors (Lipinski definition) is 3. The van der Waals surface area contributed by atoms with E-state index in [4.69, 9.17) is 4.74 Å². The van der Waals surface area contributed by atoms with Crippen molar-refractivity contribution in [1.29, 1.82) is 0 Å². The van der Waals surface area contributed by atoms with Crippen LogP contribution in [0.4, 0.5) is 4.39 Å². The highest BCUT2D eigenvalue weighted by molar-refractivity contribution is 5.81. The fraction of sp³-hybridized carbons (Fsp3) is 0.412. The van der Waals surface area contributed by atoms with Crippen LogP contribution in [0, 0.1) is 23.6 Å². The number of nitrogens with one attached hydrogen (secondary N) is 1. The standard InChI is InChI=1S/C17H18FNO3/c18-14-5-2-11(3-6-14)9-19-16(20)10-22-17(21)15-8-12-1-4-13(15)7-12/h1-6,12-13,15H,7-10H2,(H,19,20)/t12-,13-,15-/m0/s1. The Kier molecular flexibility index (Phi) is 4.22. The van der Waals surface area contributed by atoms with E-state index in [9.17, 15) is 14.0 Å². The molecule has 1 aromatic carbocycles. The van der Waals surface area contributed by atoms with Gasteiger partial charge in [-0.15, -0.1) is 0 Å².